The van der Waals surface area contributed by atoms with Crippen LogP contribution < -0.4 is 4.90 Å². The Labute approximate surface area is 103 Å². The molecule has 1 fully saturated rings. The van der Waals surface area contributed by atoms with Crippen molar-refractivity contribution in [2.75, 3.05) is 26.3 Å². The van der Waals surface area contributed by atoms with Crippen molar-refractivity contribution in [3.63, 3.8) is 0 Å². The molecule has 1 heterocycles. The highest BCUT2D eigenvalue weighted by atomic mass is 19.4. The molecular formula is C12H15F3NO2+. The minimum Gasteiger partial charge on any atom is -0.507 e. The zero-order chi connectivity index (χ0) is 13.2. The summed E-state index contributed by atoms with van der Waals surface area (Å²) in [5.41, 5.74) is -0.277. The molecule has 0 amide bonds. The van der Waals surface area contributed by atoms with Gasteiger partial charge in [-0.25, -0.2) is 0 Å². The molecule has 2 rings (SSSR count). The monoisotopic (exact) mass is 262 g/mol. The molecule has 3 nitrogen and oxygen atoms in total. The van der Waals surface area contributed by atoms with Crippen molar-refractivity contribution in [3.05, 3.63) is 29.3 Å². The van der Waals surface area contributed by atoms with Gasteiger partial charge in [0.25, 0.3) is 0 Å². The summed E-state index contributed by atoms with van der Waals surface area (Å²) < 4.78 is 42.5. The summed E-state index contributed by atoms with van der Waals surface area (Å²) in [4.78, 5) is 1.20. The first kappa shape index (κ1) is 13.2. The average Bonchev–Trinajstić information content (AvgIpc) is 2.32. The summed E-state index contributed by atoms with van der Waals surface area (Å²) >= 11 is 0. The molecule has 0 aliphatic carbocycles. The summed E-state index contributed by atoms with van der Waals surface area (Å²) in [6.45, 7) is 3.43. The third-order valence-corrected chi connectivity index (χ3v) is 3.05. The summed E-state index contributed by atoms with van der Waals surface area (Å²) in [5.74, 6) is -0.288. The van der Waals surface area contributed by atoms with Crippen LogP contribution in [0.4, 0.5) is 13.2 Å². The Bertz CT molecular complexity index is 414. The Kier molecular flexibility index (Phi) is 3.77. The minimum absolute atomic E-state index is 0.288. The number of morpholine rings is 1. The lowest BCUT2D eigenvalue weighted by atomic mass is 10.1. The van der Waals surface area contributed by atoms with Crippen LogP contribution in [0.15, 0.2) is 18.2 Å². The van der Waals surface area contributed by atoms with Gasteiger partial charge in [-0.15, -0.1) is 0 Å². The van der Waals surface area contributed by atoms with Crippen LogP contribution in [0.1, 0.15) is 11.1 Å². The van der Waals surface area contributed by atoms with Crippen molar-refractivity contribution in [2.45, 2.75) is 12.7 Å². The maximum Gasteiger partial charge on any atom is 0.416 e. The van der Waals surface area contributed by atoms with Gasteiger partial charge in [0, 0.05) is 5.56 Å². The van der Waals surface area contributed by atoms with E-state index < -0.39 is 11.7 Å². The van der Waals surface area contributed by atoms with Crippen molar-refractivity contribution in [1.29, 1.82) is 0 Å². The Morgan fingerprint density at radius 2 is 1.89 bits per heavy atom. The third-order valence-electron chi connectivity index (χ3n) is 3.05. The van der Waals surface area contributed by atoms with Crippen LogP contribution in [-0.2, 0) is 17.5 Å². The van der Waals surface area contributed by atoms with E-state index in [0.29, 0.717) is 25.3 Å². The van der Waals surface area contributed by atoms with Gasteiger partial charge in [0.15, 0.2) is 0 Å². The van der Waals surface area contributed by atoms with E-state index in [2.05, 4.69) is 0 Å². The molecule has 1 aliphatic heterocycles. The average molecular weight is 262 g/mol. The number of rotatable bonds is 2. The van der Waals surface area contributed by atoms with Crippen LogP contribution in [0.5, 0.6) is 5.75 Å². The molecule has 1 aliphatic rings. The van der Waals surface area contributed by atoms with Crippen LogP contribution in [0, 0.1) is 0 Å². The van der Waals surface area contributed by atoms with Crippen molar-refractivity contribution in [1.82, 2.24) is 0 Å². The van der Waals surface area contributed by atoms with Gasteiger partial charge >= 0.3 is 6.18 Å². The van der Waals surface area contributed by atoms with Crippen LogP contribution in [0.2, 0.25) is 0 Å². The Balaban J connectivity index is 2.09. The fourth-order valence-electron chi connectivity index (χ4n) is 2.00. The zero-order valence-electron chi connectivity index (χ0n) is 9.76. The van der Waals surface area contributed by atoms with Crippen molar-refractivity contribution in [2.24, 2.45) is 0 Å². The molecule has 1 aromatic rings. The number of ether oxygens (including phenoxy) is 1. The van der Waals surface area contributed by atoms with E-state index in [1.54, 1.807) is 0 Å². The topological polar surface area (TPSA) is 33.9 Å². The maximum atomic E-state index is 12.4. The lowest BCUT2D eigenvalue weighted by Gasteiger charge is -2.24. The number of halogens is 3. The molecule has 6 heteroatoms. The van der Waals surface area contributed by atoms with E-state index >= 15 is 0 Å². The number of benzene rings is 1. The molecule has 100 valence electrons. The number of alkyl halides is 3. The van der Waals surface area contributed by atoms with Crippen LogP contribution in [-0.4, -0.2) is 31.4 Å². The fraction of sp³-hybridized carbons (Fsp3) is 0.500. The van der Waals surface area contributed by atoms with Crippen LogP contribution in [0.25, 0.3) is 0 Å². The summed E-state index contributed by atoms with van der Waals surface area (Å²) in [7, 11) is 0. The second-order valence-electron chi connectivity index (χ2n) is 4.38. The normalized spacial score (nSPS) is 17.9. The van der Waals surface area contributed by atoms with E-state index in [1.165, 1.54) is 11.0 Å². The van der Waals surface area contributed by atoms with Gasteiger partial charge in [-0.3, -0.25) is 0 Å². The predicted octanol–water partition coefficient (Wildman–Crippen LogP) is 0.826. The first-order valence-electron chi connectivity index (χ1n) is 5.77. The number of aromatic hydroxyl groups is 1. The summed E-state index contributed by atoms with van der Waals surface area (Å²) in [6.07, 6.45) is -4.41. The third kappa shape index (κ3) is 3.14. The standard InChI is InChI=1S/C12H14F3NO2/c13-12(14,15)10-2-1-9(11(17)7-10)8-16-3-5-18-6-4-16/h1-2,7,17H,3-6,8H2/p+1. The van der Waals surface area contributed by atoms with E-state index in [1.807, 2.05) is 0 Å². The highest BCUT2D eigenvalue weighted by Gasteiger charge is 2.31. The minimum atomic E-state index is -4.41. The SMILES string of the molecule is Oc1cc(C(F)(F)F)ccc1C[NH+]1CCOCC1. The lowest BCUT2D eigenvalue weighted by molar-refractivity contribution is -0.921. The molecule has 0 aromatic heterocycles. The first-order chi connectivity index (χ1) is 8.47. The second kappa shape index (κ2) is 5.16. The van der Waals surface area contributed by atoms with Gasteiger partial charge in [0.05, 0.1) is 18.8 Å². The molecule has 1 saturated heterocycles. The van der Waals surface area contributed by atoms with Gasteiger partial charge in [-0.1, -0.05) is 0 Å². The van der Waals surface area contributed by atoms with E-state index in [9.17, 15) is 18.3 Å². The molecule has 0 saturated carbocycles. The number of hydrogen-bond donors (Lipinski definition) is 2. The Morgan fingerprint density at radius 1 is 1.22 bits per heavy atom. The van der Waals surface area contributed by atoms with E-state index in [4.69, 9.17) is 4.74 Å². The maximum absolute atomic E-state index is 12.4. The van der Waals surface area contributed by atoms with E-state index in [-0.39, 0.29) is 5.75 Å². The second-order valence-corrected chi connectivity index (χ2v) is 4.38. The molecule has 1 aromatic carbocycles. The molecule has 0 atom stereocenters. The van der Waals surface area contributed by atoms with Crippen molar-refractivity contribution >= 4 is 0 Å². The van der Waals surface area contributed by atoms with Crippen LogP contribution >= 0.6 is 0 Å². The van der Waals surface area contributed by atoms with Gasteiger partial charge in [0.1, 0.15) is 25.4 Å². The Hall–Kier alpha value is -1.27. The number of quaternary nitrogens is 1. The lowest BCUT2D eigenvalue weighted by Crippen LogP contribution is -3.12. The van der Waals surface area contributed by atoms with Gasteiger partial charge < -0.3 is 14.7 Å². The number of hydrogen-bond acceptors (Lipinski definition) is 2. The first-order valence-corrected chi connectivity index (χ1v) is 5.77. The van der Waals surface area contributed by atoms with Gasteiger partial charge in [-0.05, 0) is 18.2 Å². The van der Waals surface area contributed by atoms with Crippen molar-refractivity contribution < 1.29 is 27.9 Å². The van der Waals surface area contributed by atoms with Gasteiger partial charge in [-0.2, -0.15) is 13.2 Å². The highest BCUT2D eigenvalue weighted by molar-refractivity contribution is 5.37. The van der Waals surface area contributed by atoms with Crippen LogP contribution in [0.3, 0.4) is 0 Å². The predicted molar refractivity (Wildman–Crippen MR) is 58.3 cm³/mol. The summed E-state index contributed by atoms with van der Waals surface area (Å²) in [6, 6.07) is 3.14. The molecule has 0 unspecified atom stereocenters. The molecule has 18 heavy (non-hydrogen) atoms. The number of phenols is 1. The van der Waals surface area contributed by atoms with Gasteiger partial charge in [0.2, 0.25) is 0 Å². The largest absolute Gasteiger partial charge is 0.507 e. The molecule has 0 spiro atoms. The quantitative estimate of drug-likeness (QED) is 0.827. The number of phenolic OH excluding ortho intramolecular Hbond substituents is 1. The smallest absolute Gasteiger partial charge is 0.416 e. The summed E-state index contributed by atoms with van der Waals surface area (Å²) in [5, 5.41) is 9.64. The molecule has 0 bridgehead atoms. The zero-order valence-corrected chi connectivity index (χ0v) is 9.76. The molecular weight excluding hydrogens is 247 g/mol. The van der Waals surface area contributed by atoms with E-state index in [0.717, 1.165) is 25.2 Å². The highest BCUT2D eigenvalue weighted by Crippen LogP contribution is 2.32. The molecule has 2 N–H and O–H groups in total. The fourth-order valence-corrected chi connectivity index (χ4v) is 2.00. The number of nitrogens with one attached hydrogen (secondary N) is 1. The van der Waals surface area contributed by atoms with Crippen molar-refractivity contribution in [3.8, 4) is 5.75 Å². The Morgan fingerprint density at radius 3 is 2.44 bits per heavy atom. The molecule has 0 radical (unpaired) electrons.